The van der Waals surface area contributed by atoms with E-state index in [2.05, 4.69) is 0 Å². The summed E-state index contributed by atoms with van der Waals surface area (Å²) in [6.07, 6.45) is 0. The number of fused-ring (bicyclic) bond motifs is 1. The summed E-state index contributed by atoms with van der Waals surface area (Å²) in [5.41, 5.74) is 2.45. The first-order valence-corrected chi connectivity index (χ1v) is 11.1. The Morgan fingerprint density at radius 3 is 2.29 bits per heavy atom. The Balaban J connectivity index is 1.56. The molecule has 2 aliphatic heterocycles. The molecule has 0 aliphatic carbocycles. The van der Waals surface area contributed by atoms with Crippen molar-refractivity contribution in [2.45, 2.75) is 18.3 Å². The summed E-state index contributed by atoms with van der Waals surface area (Å²) < 4.78 is 9.75. The maximum absolute atomic E-state index is 13.1. The highest BCUT2D eigenvalue weighted by molar-refractivity contribution is 7.99. The number of esters is 2. The molecule has 0 N–H and O–H groups in total. The van der Waals surface area contributed by atoms with Crippen LogP contribution in [0.3, 0.4) is 0 Å². The van der Waals surface area contributed by atoms with Crippen molar-refractivity contribution in [3.8, 4) is 0 Å². The molecule has 0 radical (unpaired) electrons. The highest BCUT2D eigenvalue weighted by Crippen LogP contribution is 2.46. The van der Waals surface area contributed by atoms with E-state index in [4.69, 9.17) is 21.7 Å². The topological polar surface area (TPSA) is 76.1 Å². The minimum Gasteiger partial charge on any atom is -0.465 e. The molecule has 2 fully saturated rings. The van der Waals surface area contributed by atoms with Gasteiger partial charge in [0.05, 0.1) is 30.5 Å². The number of hydrogen-bond acceptors (Lipinski definition) is 7. The third-order valence-electron chi connectivity index (χ3n) is 5.17. The van der Waals surface area contributed by atoms with Gasteiger partial charge in [-0.3, -0.25) is 9.69 Å². The molecule has 0 saturated carbocycles. The van der Waals surface area contributed by atoms with E-state index >= 15 is 0 Å². The molecule has 4 rings (SSSR count). The predicted molar refractivity (Wildman–Crippen MR) is 121 cm³/mol. The zero-order valence-electron chi connectivity index (χ0n) is 16.9. The van der Waals surface area contributed by atoms with Crippen molar-refractivity contribution in [3.05, 3.63) is 65.2 Å². The highest BCUT2D eigenvalue weighted by Gasteiger charge is 2.50. The van der Waals surface area contributed by atoms with Crippen LogP contribution in [0.5, 0.6) is 0 Å². The van der Waals surface area contributed by atoms with Crippen LogP contribution in [0.15, 0.2) is 48.5 Å². The van der Waals surface area contributed by atoms with Gasteiger partial charge in [-0.15, -0.1) is 11.8 Å². The van der Waals surface area contributed by atoms with Crippen molar-refractivity contribution in [1.29, 1.82) is 0 Å². The van der Waals surface area contributed by atoms with Crippen LogP contribution in [0.4, 0.5) is 5.69 Å². The zero-order chi connectivity index (χ0) is 22.1. The van der Waals surface area contributed by atoms with Gasteiger partial charge in [0.25, 0.3) is 5.91 Å². The number of thiocarbonyl (C=S) groups is 1. The lowest BCUT2D eigenvalue weighted by atomic mass is 10.1. The molecular weight excluding hydrogens is 436 g/mol. The molecule has 2 aliphatic rings. The number of thioether (sulfide) groups is 1. The molecule has 0 unspecified atom stereocenters. The summed E-state index contributed by atoms with van der Waals surface area (Å²) in [5.74, 6) is -0.278. The van der Waals surface area contributed by atoms with Crippen molar-refractivity contribution in [1.82, 2.24) is 4.90 Å². The fraction of sp³-hybridized carbons (Fsp3) is 0.273. The number of amides is 1. The molecule has 7 nitrogen and oxygen atoms in total. The van der Waals surface area contributed by atoms with Gasteiger partial charge in [-0.2, -0.15) is 0 Å². The van der Waals surface area contributed by atoms with Crippen molar-refractivity contribution in [3.63, 3.8) is 0 Å². The van der Waals surface area contributed by atoms with E-state index < -0.39 is 11.9 Å². The van der Waals surface area contributed by atoms with Crippen molar-refractivity contribution in [2.24, 2.45) is 0 Å². The molecule has 1 amide bonds. The van der Waals surface area contributed by atoms with Crippen LogP contribution in [-0.4, -0.2) is 53.4 Å². The number of rotatable bonds is 5. The van der Waals surface area contributed by atoms with E-state index in [9.17, 15) is 14.4 Å². The van der Waals surface area contributed by atoms with Crippen molar-refractivity contribution >= 4 is 52.6 Å². The zero-order valence-corrected chi connectivity index (χ0v) is 18.6. The number of methoxy groups -OCH3 is 1. The van der Waals surface area contributed by atoms with Gasteiger partial charge in [-0.1, -0.05) is 12.1 Å². The van der Waals surface area contributed by atoms with Gasteiger partial charge in [-0.25, -0.2) is 9.59 Å². The average Bonchev–Trinajstić information content (AvgIpc) is 3.33. The fourth-order valence-electron chi connectivity index (χ4n) is 3.65. The Hall–Kier alpha value is -2.91. The van der Waals surface area contributed by atoms with E-state index in [1.807, 2.05) is 17.0 Å². The Morgan fingerprint density at radius 2 is 1.68 bits per heavy atom. The SMILES string of the molecule is CCOC(=O)c1ccc(N2C(=O)[C@H]3CS[C@H](c4ccc(C(=O)OC)cc4)N3C2=S)cc1. The maximum atomic E-state index is 13.1. The van der Waals surface area contributed by atoms with Gasteiger partial charge in [-0.05, 0) is 61.1 Å². The second-order valence-electron chi connectivity index (χ2n) is 6.95. The van der Waals surface area contributed by atoms with Crippen LogP contribution < -0.4 is 4.90 Å². The van der Waals surface area contributed by atoms with E-state index in [1.165, 1.54) is 12.0 Å². The Morgan fingerprint density at radius 1 is 1.06 bits per heavy atom. The Labute approximate surface area is 189 Å². The van der Waals surface area contributed by atoms with Gasteiger partial charge >= 0.3 is 11.9 Å². The number of carbonyl (C=O) groups is 3. The fourth-order valence-corrected chi connectivity index (χ4v) is 5.57. The monoisotopic (exact) mass is 456 g/mol. The third-order valence-corrected chi connectivity index (χ3v) is 6.89. The largest absolute Gasteiger partial charge is 0.465 e. The van der Waals surface area contributed by atoms with Crippen LogP contribution >= 0.6 is 24.0 Å². The van der Waals surface area contributed by atoms with Crippen LogP contribution in [0, 0.1) is 0 Å². The lowest BCUT2D eigenvalue weighted by Crippen LogP contribution is -2.33. The number of anilines is 1. The molecule has 9 heteroatoms. The summed E-state index contributed by atoms with van der Waals surface area (Å²) in [6, 6.07) is 13.4. The number of benzene rings is 2. The van der Waals surface area contributed by atoms with E-state index in [0.29, 0.717) is 34.3 Å². The maximum Gasteiger partial charge on any atom is 0.338 e. The lowest BCUT2D eigenvalue weighted by Gasteiger charge is -2.25. The molecule has 2 saturated heterocycles. The smallest absolute Gasteiger partial charge is 0.338 e. The van der Waals surface area contributed by atoms with Gasteiger partial charge < -0.3 is 14.4 Å². The van der Waals surface area contributed by atoms with Gasteiger partial charge in [0.15, 0.2) is 5.11 Å². The summed E-state index contributed by atoms with van der Waals surface area (Å²) in [6.45, 7) is 2.05. The van der Waals surface area contributed by atoms with Crippen LogP contribution in [0.2, 0.25) is 0 Å². The van der Waals surface area contributed by atoms with Gasteiger partial charge in [0, 0.05) is 5.75 Å². The Kier molecular flexibility index (Phi) is 5.97. The van der Waals surface area contributed by atoms with Crippen LogP contribution in [0.1, 0.15) is 38.6 Å². The first-order chi connectivity index (χ1) is 15.0. The first-order valence-electron chi connectivity index (χ1n) is 9.69. The second-order valence-corrected chi connectivity index (χ2v) is 8.42. The summed E-state index contributed by atoms with van der Waals surface area (Å²) in [4.78, 5) is 40.1. The molecule has 0 spiro atoms. The molecule has 2 heterocycles. The number of nitrogens with zero attached hydrogens (tertiary/aromatic N) is 2. The molecule has 2 aromatic carbocycles. The average molecular weight is 457 g/mol. The molecule has 160 valence electrons. The summed E-state index contributed by atoms with van der Waals surface area (Å²) in [7, 11) is 1.34. The molecule has 31 heavy (non-hydrogen) atoms. The van der Waals surface area contributed by atoms with E-state index in [1.54, 1.807) is 55.1 Å². The highest BCUT2D eigenvalue weighted by atomic mass is 32.2. The second kappa shape index (κ2) is 8.68. The normalized spacial score (nSPS) is 20.1. The standard InChI is InChI=1S/C22H20N2O5S2/c1-3-29-21(27)15-8-10-16(11-9-15)23-18(25)17-12-31-19(24(17)22(23)30)13-4-6-14(7-5-13)20(26)28-2/h4-11,17,19H,3,12H2,1-2H3/t17-,19-/m1/s1. The number of carbonyl (C=O) groups excluding carboxylic acids is 3. The van der Waals surface area contributed by atoms with Gasteiger partial charge in [0.2, 0.25) is 0 Å². The number of ether oxygens (including phenoxy) is 2. The molecular formula is C22H20N2O5S2. The first kappa shape index (κ1) is 21.3. The predicted octanol–water partition coefficient (Wildman–Crippen LogP) is 3.40. The van der Waals surface area contributed by atoms with E-state index in [-0.39, 0.29) is 17.3 Å². The quantitative estimate of drug-likeness (QED) is 0.501. The Bertz CT molecular complexity index is 1040. The lowest BCUT2D eigenvalue weighted by molar-refractivity contribution is -0.119. The molecule has 0 bridgehead atoms. The van der Waals surface area contributed by atoms with Gasteiger partial charge in [0.1, 0.15) is 11.4 Å². The number of hydrogen-bond donors (Lipinski definition) is 0. The minimum absolute atomic E-state index is 0.0879. The summed E-state index contributed by atoms with van der Waals surface area (Å²) >= 11 is 7.32. The molecule has 0 aromatic heterocycles. The van der Waals surface area contributed by atoms with Crippen LogP contribution in [-0.2, 0) is 14.3 Å². The van der Waals surface area contributed by atoms with Crippen molar-refractivity contribution in [2.75, 3.05) is 24.4 Å². The van der Waals surface area contributed by atoms with E-state index in [0.717, 1.165) is 5.56 Å². The molecule has 2 aromatic rings. The minimum atomic E-state index is -0.406. The molecule has 2 atom stereocenters. The summed E-state index contributed by atoms with van der Waals surface area (Å²) in [5, 5.41) is 0.294. The van der Waals surface area contributed by atoms with Crippen molar-refractivity contribution < 1.29 is 23.9 Å². The van der Waals surface area contributed by atoms with Crippen LogP contribution in [0.25, 0.3) is 0 Å². The third kappa shape index (κ3) is 3.79.